The fraction of sp³-hybridized carbons (Fsp3) is 0.400. The molecule has 9 nitrogen and oxygen atoms in total. The summed E-state index contributed by atoms with van der Waals surface area (Å²) in [6.45, 7) is 4.20. The number of H-pyrrole nitrogens is 1. The van der Waals surface area contributed by atoms with Crippen LogP contribution in [0, 0.1) is 5.82 Å². The quantitative estimate of drug-likeness (QED) is 0.470. The molecule has 0 radical (unpaired) electrons. The first kappa shape index (κ1) is 22.0. The largest absolute Gasteiger partial charge is 0.421 e. The lowest BCUT2D eigenvalue weighted by Crippen LogP contribution is -2.46. The van der Waals surface area contributed by atoms with Gasteiger partial charge in [0.15, 0.2) is 17.4 Å². The summed E-state index contributed by atoms with van der Waals surface area (Å²) in [6, 6.07) is 7.41. The van der Waals surface area contributed by atoms with Gasteiger partial charge in [-0.1, -0.05) is 17.7 Å². The van der Waals surface area contributed by atoms with Crippen LogP contribution in [0.1, 0.15) is 42.5 Å². The van der Waals surface area contributed by atoms with Crippen molar-refractivity contribution < 1.29 is 13.9 Å². The lowest BCUT2D eigenvalue weighted by Gasteiger charge is -2.33. The minimum Gasteiger partial charge on any atom is -0.421 e. The number of halogens is 1. The molecule has 3 heterocycles. The van der Waals surface area contributed by atoms with E-state index < -0.39 is 5.82 Å². The number of benzene rings is 1. The van der Waals surface area contributed by atoms with Crippen molar-refractivity contribution in [2.24, 2.45) is 5.73 Å². The third-order valence-electron chi connectivity index (χ3n) is 6.58. The number of fused-ring (bicyclic) bond motifs is 1. The van der Waals surface area contributed by atoms with Crippen LogP contribution in [0.3, 0.4) is 0 Å². The molecule has 0 spiro atoms. The van der Waals surface area contributed by atoms with Gasteiger partial charge >= 0.3 is 6.01 Å². The average molecular weight is 478 g/mol. The molecule has 0 bridgehead atoms. The van der Waals surface area contributed by atoms with Crippen molar-refractivity contribution in [1.29, 1.82) is 0 Å². The zero-order chi connectivity index (χ0) is 23.9. The predicted molar refractivity (Wildman–Crippen MR) is 131 cm³/mol. The number of anilines is 3. The first-order valence-corrected chi connectivity index (χ1v) is 12.0. The van der Waals surface area contributed by atoms with E-state index >= 15 is 4.39 Å². The molecule has 1 aromatic carbocycles. The zero-order valence-corrected chi connectivity index (χ0v) is 19.6. The van der Waals surface area contributed by atoms with Gasteiger partial charge in [0.1, 0.15) is 11.6 Å². The average Bonchev–Trinajstić information content (AvgIpc) is 3.49. The molecule has 182 valence electrons. The van der Waals surface area contributed by atoms with E-state index in [4.69, 9.17) is 15.2 Å². The van der Waals surface area contributed by atoms with Crippen molar-refractivity contribution in [3.8, 4) is 11.8 Å². The smallest absolute Gasteiger partial charge is 0.326 e. The van der Waals surface area contributed by atoms with E-state index in [1.165, 1.54) is 12.8 Å². The predicted octanol–water partition coefficient (Wildman–Crippen LogP) is 3.88. The van der Waals surface area contributed by atoms with E-state index in [1.54, 1.807) is 6.07 Å². The van der Waals surface area contributed by atoms with E-state index in [9.17, 15) is 0 Å². The van der Waals surface area contributed by atoms with Crippen molar-refractivity contribution in [1.82, 2.24) is 20.2 Å². The summed E-state index contributed by atoms with van der Waals surface area (Å²) in [5.41, 5.74) is 9.58. The number of nitrogens with zero attached hydrogens (tertiary/aromatic N) is 4. The number of hydrogen-bond donors (Lipinski definition) is 3. The van der Waals surface area contributed by atoms with Crippen LogP contribution in [-0.2, 0) is 11.2 Å². The van der Waals surface area contributed by atoms with E-state index in [0.29, 0.717) is 55.2 Å². The third-order valence-corrected chi connectivity index (χ3v) is 6.58. The van der Waals surface area contributed by atoms with Gasteiger partial charge in [0.25, 0.3) is 0 Å². The van der Waals surface area contributed by atoms with Gasteiger partial charge in [-0.3, -0.25) is 5.10 Å². The molecule has 3 aliphatic rings. The summed E-state index contributed by atoms with van der Waals surface area (Å²) in [4.78, 5) is 11.2. The molecule has 35 heavy (non-hydrogen) atoms. The lowest BCUT2D eigenvalue weighted by molar-refractivity contribution is 0.0462. The molecule has 1 unspecified atom stereocenters. The third kappa shape index (κ3) is 4.59. The lowest BCUT2D eigenvalue weighted by atomic mass is 10.1. The highest BCUT2D eigenvalue weighted by Gasteiger charge is 2.26. The molecule has 1 saturated heterocycles. The van der Waals surface area contributed by atoms with Gasteiger partial charge in [-0.25, -0.2) is 4.39 Å². The second-order valence-corrected chi connectivity index (χ2v) is 9.40. The van der Waals surface area contributed by atoms with Crippen molar-refractivity contribution in [3.05, 3.63) is 52.5 Å². The Morgan fingerprint density at radius 2 is 2.14 bits per heavy atom. The summed E-state index contributed by atoms with van der Waals surface area (Å²) in [7, 11) is 0. The van der Waals surface area contributed by atoms with Crippen LogP contribution < -0.4 is 20.7 Å². The molecule has 1 saturated carbocycles. The molecule has 6 rings (SSSR count). The summed E-state index contributed by atoms with van der Waals surface area (Å²) < 4.78 is 26.8. The Morgan fingerprint density at radius 1 is 1.26 bits per heavy atom. The van der Waals surface area contributed by atoms with Gasteiger partial charge in [0.05, 0.1) is 12.7 Å². The van der Waals surface area contributed by atoms with Crippen molar-refractivity contribution in [2.75, 3.05) is 36.5 Å². The number of allylic oxidation sites excluding steroid dienone is 1. The number of morpholine rings is 1. The Labute approximate surface area is 202 Å². The first-order chi connectivity index (χ1) is 17.1. The summed E-state index contributed by atoms with van der Waals surface area (Å²) >= 11 is 0. The van der Waals surface area contributed by atoms with Crippen LogP contribution >= 0.6 is 0 Å². The second kappa shape index (κ2) is 8.94. The Balaban J connectivity index is 1.32. The fourth-order valence-electron chi connectivity index (χ4n) is 4.59. The Kier molecular flexibility index (Phi) is 5.62. The van der Waals surface area contributed by atoms with Crippen molar-refractivity contribution in [3.63, 3.8) is 0 Å². The molecule has 10 heteroatoms. The monoisotopic (exact) mass is 477 g/mol. The Morgan fingerprint density at radius 3 is 2.97 bits per heavy atom. The summed E-state index contributed by atoms with van der Waals surface area (Å²) in [5.74, 6) is 2.06. The molecule has 0 amide bonds. The van der Waals surface area contributed by atoms with Crippen molar-refractivity contribution >= 4 is 23.5 Å². The number of aromatic amines is 1. The van der Waals surface area contributed by atoms with Gasteiger partial charge in [0, 0.05) is 48.9 Å². The van der Waals surface area contributed by atoms with E-state index in [2.05, 4.69) is 30.4 Å². The maximum Gasteiger partial charge on any atom is 0.326 e. The van der Waals surface area contributed by atoms with Crippen LogP contribution in [0.15, 0.2) is 29.8 Å². The number of aromatic nitrogens is 4. The number of nitrogens with one attached hydrogen (secondary N) is 2. The van der Waals surface area contributed by atoms with Crippen LogP contribution in [-0.4, -0.2) is 52.5 Å². The molecular weight excluding hydrogens is 449 g/mol. The highest BCUT2D eigenvalue weighted by molar-refractivity contribution is 5.66. The van der Waals surface area contributed by atoms with Crippen molar-refractivity contribution in [2.45, 2.75) is 38.2 Å². The van der Waals surface area contributed by atoms with E-state index in [0.717, 1.165) is 23.3 Å². The van der Waals surface area contributed by atoms with Gasteiger partial charge in [-0.05, 0) is 37.8 Å². The Hall–Kier alpha value is -3.50. The number of ether oxygens (including phenoxy) is 2. The fourth-order valence-corrected chi connectivity index (χ4v) is 4.59. The minimum absolute atomic E-state index is 0.0521. The molecular formula is C25H28FN7O2. The van der Waals surface area contributed by atoms with Crippen LogP contribution in [0.2, 0.25) is 0 Å². The molecule has 2 fully saturated rings. The topological polar surface area (TPSA) is 114 Å². The molecule has 2 aliphatic carbocycles. The number of hydrogen-bond acceptors (Lipinski definition) is 8. The maximum atomic E-state index is 15.2. The summed E-state index contributed by atoms with van der Waals surface area (Å²) in [6.07, 6.45) is 4.88. The minimum atomic E-state index is -0.404. The summed E-state index contributed by atoms with van der Waals surface area (Å²) in [5, 5.41) is 10.7. The molecule has 2 aromatic heterocycles. The normalized spacial score (nSPS) is 19.5. The van der Waals surface area contributed by atoms with Gasteiger partial charge in [-0.2, -0.15) is 15.1 Å². The molecule has 1 aliphatic heterocycles. The van der Waals surface area contributed by atoms with Gasteiger partial charge < -0.3 is 25.4 Å². The van der Waals surface area contributed by atoms with E-state index in [1.807, 2.05) is 31.2 Å². The number of nitrogens with two attached hydrogens (primary N) is 1. The second-order valence-electron chi connectivity index (χ2n) is 9.40. The zero-order valence-electron chi connectivity index (χ0n) is 19.6. The van der Waals surface area contributed by atoms with Crippen LogP contribution in [0.4, 0.5) is 21.8 Å². The molecule has 3 aromatic rings. The molecule has 4 N–H and O–H groups in total. The van der Waals surface area contributed by atoms with Gasteiger partial charge in [-0.15, -0.1) is 0 Å². The Bertz CT molecular complexity index is 1290. The highest BCUT2D eigenvalue weighted by Crippen LogP contribution is 2.40. The first-order valence-electron chi connectivity index (χ1n) is 12.0. The highest BCUT2D eigenvalue weighted by atomic mass is 19.1. The molecule has 1 atom stereocenters. The van der Waals surface area contributed by atoms with Gasteiger partial charge in [0.2, 0.25) is 0 Å². The standard InChI is InChI=1S/C25H28FN7O2/c1-14-8-16-4-5-20(24(26)18(16)9-14)35-25-29-21(28-22-10-19(31-32-22)15-2-3-15)11-23(30-25)33-6-7-34-17(12-27)13-33/h4-5,9-11,15,17H,2-3,6-8,12-13,27H2,1H3,(H2,28,29,30,31,32). The van der Waals surface area contributed by atoms with E-state index in [-0.39, 0.29) is 17.9 Å². The number of rotatable bonds is 7. The van der Waals surface area contributed by atoms with Crippen LogP contribution in [0.5, 0.6) is 11.8 Å². The maximum absolute atomic E-state index is 15.2. The van der Waals surface area contributed by atoms with Crippen LogP contribution in [0.25, 0.3) is 6.08 Å². The SMILES string of the molecule is CC1=Cc2c(ccc(Oc3nc(Nc4cc(C5CC5)[nH]n4)cc(N4CCOC(CN)C4)n3)c2F)C1.